The van der Waals surface area contributed by atoms with Gasteiger partial charge in [0.15, 0.2) is 5.96 Å². The summed E-state index contributed by atoms with van der Waals surface area (Å²) in [6, 6.07) is 9.28. The molecule has 1 aromatic rings. The van der Waals surface area contributed by atoms with E-state index >= 15 is 0 Å². The van der Waals surface area contributed by atoms with Crippen molar-refractivity contribution in [3.63, 3.8) is 0 Å². The Kier molecular flexibility index (Phi) is 9.19. The monoisotopic (exact) mass is 362 g/mol. The average molecular weight is 363 g/mol. The fourth-order valence-electron chi connectivity index (χ4n) is 3.15. The highest BCUT2D eigenvalue weighted by molar-refractivity contribution is 7.98. The summed E-state index contributed by atoms with van der Waals surface area (Å²) in [7, 11) is 0. The summed E-state index contributed by atoms with van der Waals surface area (Å²) < 4.78 is 0. The van der Waals surface area contributed by atoms with Gasteiger partial charge in [-0.25, -0.2) is 0 Å². The first kappa shape index (κ1) is 20.1. The van der Waals surface area contributed by atoms with Gasteiger partial charge in [0.25, 0.3) is 0 Å². The molecule has 1 atom stereocenters. The molecule has 1 aliphatic rings. The van der Waals surface area contributed by atoms with Crippen LogP contribution in [-0.4, -0.2) is 55.1 Å². The van der Waals surface area contributed by atoms with Crippen molar-refractivity contribution in [1.29, 1.82) is 0 Å². The van der Waals surface area contributed by atoms with Crippen molar-refractivity contribution in [3.8, 4) is 0 Å². The highest BCUT2D eigenvalue weighted by atomic mass is 32.2. The maximum Gasteiger partial charge on any atom is 0.191 e. The zero-order valence-corrected chi connectivity index (χ0v) is 16.9. The lowest BCUT2D eigenvalue weighted by molar-refractivity contribution is 0.195. The van der Waals surface area contributed by atoms with Crippen molar-refractivity contribution >= 4 is 17.7 Å². The van der Waals surface area contributed by atoms with E-state index in [-0.39, 0.29) is 0 Å². The van der Waals surface area contributed by atoms with Crippen LogP contribution in [0.15, 0.2) is 29.3 Å². The number of aliphatic imine (C=N–C) groups is 1. The molecule has 0 amide bonds. The van der Waals surface area contributed by atoms with Crippen molar-refractivity contribution in [2.75, 3.05) is 38.2 Å². The van der Waals surface area contributed by atoms with Crippen molar-refractivity contribution in [2.45, 2.75) is 45.7 Å². The number of nitrogens with zero attached hydrogens (tertiary/aromatic N) is 2. The number of thioether (sulfide) groups is 1. The quantitative estimate of drug-likeness (QED) is 0.402. The smallest absolute Gasteiger partial charge is 0.191 e. The molecule has 0 aliphatic carbocycles. The van der Waals surface area contributed by atoms with Crippen molar-refractivity contribution < 1.29 is 0 Å². The lowest BCUT2D eigenvalue weighted by Gasteiger charge is -2.33. The molecule has 1 heterocycles. The molecule has 1 aromatic carbocycles. The molecule has 0 saturated heterocycles. The minimum absolute atomic E-state index is 0.459. The van der Waals surface area contributed by atoms with Gasteiger partial charge in [-0.15, -0.1) is 0 Å². The molecular weight excluding hydrogens is 328 g/mol. The molecule has 0 spiro atoms. The number of nitrogens with one attached hydrogen (secondary N) is 2. The second-order valence-electron chi connectivity index (χ2n) is 6.68. The van der Waals surface area contributed by atoms with Crippen LogP contribution in [0.3, 0.4) is 0 Å². The maximum absolute atomic E-state index is 4.81. The second kappa shape index (κ2) is 11.4. The van der Waals surface area contributed by atoms with Gasteiger partial charge in [0.05, 0.1) is 6.54 Å². The molecule has 0 fully saturated rings. The van der Waals surface area contributed by atoms with Gasteiger partial charge in [0.1, 0.15) is 0 Å². The fourth-order valence-corrected chi connectivity index (χ4v) is 3.65. The Balaban J connectivity index is 1.80. The SMILES string of the molecule is CCNC(=NCC(C)N1CCc2ccccc2C1)NCCCCSC. The van der Waals surface area contributed by atoms with E-state index in [9.17, 15) is 0 Å². The average Bonchev–Trinajstić information content (AvgIpc) is 2.65. The van der Waals surface area contributed by atoms with Gasteiger partial charge in [-0.3, -0.25) is 9.89 Å². The lowest BCUT2D eigenvalue weighted by atomic mass is 9.99. The Labute approximate surface area is 157 Å². The van der Waals surface area contributed by atoms with E-state index < -0.39 is 0 Å². The first-order valence-electron chi connectivity index (χ1n) is 9.56. The first-order valence-corrected chi connectivity index (χ1v) is 11.0. The van der Waals surface area contributed by atoms with E-state index in [0.717, 1.165) is 45.1 Å². The molecule has 0 aromatic heterocycles. The normalized spacial score (nSPS) is 16.4. The third-order valence-corrected chi connectivity index (χ3v) is 5.41. The molecule has 2 N–H and O–H groups in total. The van der Waals surface area contributed by atoms with Crippen molar-refractivity contribution in [1.82, 2.24) is 15.5 Å². The van der Waals surface area contributed by atoms with Gasteiger partial charge in [-0.1, -0.05) is 24.3 Å². The van der Waals surface area contributed by atoms with Crippen LogP contribution in [0, 0.1) is 0 Å². The van der Waals surface area contributed by atoms with Crippen molar-refractivity contribution in [3.05, 3.63) is 35.4 Å². The molecule has 0 bridgehead atoms. The Morgan fingerprint density at radius 1 is 1.24 bits per heavy atom. The van der Waals surface area contributed by atoms with E-state index in [4.69, 9.17) is 4.99 Å². The van der Waals surface area contributed by atoms with Crippen LogP contribution in [0.4, 0.5) is 0 Å². The van der Waals surface area contributed by atoms with Gasteiger partial charge < -0.3 is 10.6 Å². The summed E-state index contributed by atoms with van der Waals surface area (Å²) in [4.78, 5) is 7.36. The molecule has 2 rings (SSSR count). The largest absolute Gasteiger partial charge is 0.357 e. The first-order chi connectivity index (χ1) is 12.2. The molecule has 1 aliphatic heterocycles. The summed E-state index contributed by atoms with van der Waals surface area (Å²) in [6.45, 7) is 9.33. The summed E-state index contributed by atoms with van der Waals surface area (Å²) in [5, 5.41) is 6.83. The Hall–Kier alpha value is -1.20. The third kappa shape index (κ3) is 6.90. The number of hydrogen-bond acceptors (Lipinski definition) is 3. The summed E-state index contributed by atoms with van der Waals surface area (Å²) in [5.74, 6) is 2.19. The van der Waals surface area contributed by atoms with E-state index in [1.165, 1.54) is 29.7 Å². The van der Waals surface area contributed by atoms with Crippen LogP contribution in [-0.2, 0) is 13.0 Å². The van der Waals surface area contributed by atoms with Gasteiger partial charge in [0, 0.05) is 32.2 Å². The van der Waals surface area contributed by atoms with E-state index in [0.29, 0.717) is 6.04 Å². The molecule has 5 heteroatoms. The standard InChI is InChI=1S/C20H34N4S/c1-4-21-20(22-12-7-8-14-25-3)23-15-17(2)24-13-11-18-9-5-6-10-19(18)16-24/h5-6,9-10,17H,4,7-8,11-16H2,1-3H3,(H2,21,22,23). The highest BCUT2D eigenvalue weighted by Gasteiger charge is 2.20. The molecule has 1 unspecified atom stereocenters. The van der Waals surface area contributed by atoms with E-state index in [1.54, 1.807) is 0 Å². The zero-order valence-electron chi connectivity index (χ0n) is 16.1. The van der Waals surface area contributed by atoms with Crippen LogP contribution < -0.4 is 10.6 Å². The number of hydrogen-bond donors (Lipinski definition) is 2. The number of guanidine groups is 1. The third-order valence-electron chi connectivity index (χ3n) is 4.71. The van der Waals surface area contributed by atoms with Crippen LogP contribution in [0.25, 0.3) is 0 Å². The predicted molar refractivity (Wildman–Crippen MR) is 112 cm³/mol. The molecule has 0 radical (unpaired) electrons. The van der Waals surface area contributed by atoms with Crippen LogP contribution >= 0.6 is 11.8 Å². The number of fused-ring (bicyclic) bond motifs is 1. The molecule has 0 saturated carbocycles. The summed E-state index contributed by atoms with van der Waals surface area (Å²) in [6.07, 6.45) is 5.78. The van der Waals surface area contributed by atoms with Gasteiger partial charge >= 0.3 is 0 Å². The van der Waals surface area contributed by atoms with E-state index in [1.807, 2.05) is 11.8 Å². The molecular formula is C20H34N4S. The molecule has 140 valence electrons. The number of benzene rings is 1. The Morgan fingerprint density at radius 3 is 2.80 bits per heavy atom. The summed E-state index contributed by atoms with van der Waals surface area (Å²) in [5.41, 5.74) is 2.98. The predicted octanol–water partition coefficient (Wildman–Crippen LogP) is 3.13. The molecule has 4 nitrogen and oxygen atoms in total. The van der Waals surface area contributed by atoms with Crippen molar-refractivity contribution in [2.24, 2.45) is 4.99 Å². The topological polar surface area (TPSA) is 39.7 Å². The highest BCUT2D eigenvalue weighted by Crippen LogP contribution is 2.20. The number of rotatable bonds is 9. The van der Waals surface area contributed by atoms with Gasteiger partial charge in [-0.2, -0.15) is 11.8 Å². The summed E-state index contributed by atoms with van der Waals surface area (Å²) >= 11 is 1.92. The minimum Gasteiger partial charge on any atom is -0.357 e. The van der Waals surface area contributed by atoms with E-state index in [2.05, 4.69) is 59.9 Å². The van der Waals surface area contributed by atoms with Gasteiger partial charge in [0.2, 0.25) is 0 Å². The minimum atomic E-state index is 0.459. The Morgan fingerprint density at radius 2 is 2.04 bits per heavy atom. The molecule has 25 heavy (non-hydrogen) atoms. The van der Waals surface area contributed by atoms with Crippen LogP contribution in [0.1, 0.15) is 37.8 Å². The Bertz CT molecular complexity index is 532. The second-order valence-corrected chi connectivity index (χ2v) is 7.67. The van der Waals surface area contributed by atoms with Gasteiger partial charge in [-0.05, 0) is 56.2 Å². The van der Waals surface area contributed by atoms with Crippen LogP contribution in [0.2, 0.25) is 0 Å². The van der Waals surface area contributed by atoms with Crippen LogP contribution in [0.5, 0.6) is 0 Å². The maximum atomic E-state index is 4.81. The fraction of sp³-hybridized carbons (Fsp3) is 0.650. The number of unbranched alkanes of at least 4 members (excludes halogenated alkanes) is 1. The zero-order chi connectivity index (χ0) is 17.9. The lowest BCUT2D eigenvalue weighted by Crippen LogP contribution is -2.41.